The second kappa shape index (κ2) is 8.80. The maximum atomic E-state index is 13.4. The zero-order chi connectivity index (χ0) is 21.9. The van der Waals surface area contributed by atoms with Gasteiger partial charge in [0.25, 0.3) is 5.91 Å². The molecule has 1 amide bonds. The van der Waals surface area contributed by atoms with E-state index in [1.165, 1.54) is 11.8 Å². The molecule has 0 aliphatic carbocycles. The molecule has 0 saturated carbocycles. The van der Waals surface area contributed by atoms with Crippen molar-refractivity contribution in [2.24, 2.45) is 4.99 Å². The van der Waals surface area contributed by atoms with Crippen molar-refractivity contribution in [3.63, 3.8) is 0 Å². The van der Waals surface area contributed by atoms with Crippen LogP contribution in [0.1, 0.15) is 5.56 Å². The number of hydrogen-bond acceptors (Lipinski definition) is 6. The third-order valence-electron chi connectivity index (χ3n) is 4.98. The van der Waals surface area contributed by atoms with Crippen LogP contribution < -0.4 is 19.1 Å². The number of carbonyl (C=O) groups excluding carboxylic acids is 1. The number of fused-ring (bicyclic) bond motifs is 1. The third kappa shape index (κ3) is 4.07. The molecule has 7 heteroatoms. The first-order valence-electron chi connectivity index (χ1n) is 10.1. The first-order valence-corrected chi connectivity index (χ1v) is 10.9. The van der Waals surface area contributed by atoms with E-state index in [-0.39, 0.29) is 5.91 Å². The predicted molar refractivity (Wildman–Crippen MR) is 127 cm³/mol. The van der Waals surface area contributed by atoms with Gasteiger partial charge in [0.15, 0.2) is 16.7 Å². The number of carbonyl (C=O) groups is 1. The molecule has 2 heterocycles. The Morgan fingerprint density at radius 2 is 1.72 bits per heavy atom. The van der Waals surface area contributed by atoms with E-state index in [1.54, 1.807) is 12.0 Å². The number of aliphatic imine (C=N–C) groups is 1. The summed E-state index contributed by atoms with van der Waals surface area (Å²) < 4.78 is 16.5. The molecule has 0 radical (unpaired) electrons. The molecule has 0 N–H and O–H groups in total. The maximum absolute atomic E-state index is 13.4. The van der Waals surface area contributed by atoms with Crippen LogP contribution in [0.5, 0.6) is 17.2 Å². The highest BCUT2D eigenvalue weighted by molar-refractivity contribution is 8.19. The molecule has 160 valence electrons. The van der Waals surface area contributed by atoms with Gasteiger partial charge in [-0.1, -0.05) is 24.3 Å². The smallest absolute Gasteiger partial charge is 0.271 e. The highest BCUT2D eigenvalue weighted by Gasteiger charge is 2.34. The van der Waals surface area contributed by atoms with Crippen molar-refractivity contribution >= 4 is 40.3 Å². The number of anilines is 1. The summed E-state index contributed by atoms with van der Waals surface area (Å²) in [6.07, 6.45) is 1.86. The van der Waals surface area contributed by atoms with E-state index < -0.39 is 0 Å². The number of hydrogen-bond donors (Lipinski definition) is 0. The van der Waals surface area contributed by atoms with Gasteiger partial charge in [0.2, 0.25) is 0 Å². The number of nitrogens with zero attached hydrogens (tertiary/aromatic N) is 2. The molecule has 1 fully saturated rings. The molecule has 3 aromatic carbocycles. The van der Waals surface area contributed by atoms with Crippen molar-refractivity contribution in [2.75, 3.05) is 25.2 Å². The standard InChI is InChI=1S/C25H20N2O4S/c1-29-20-10-8-18(9-11-20)26-25-27(19-5-3-2-4-6-19)24(28)23(32-25)16-17-7-12-21-22(15-17)31-14-13-30-21/h2-12,15-16H,13-14H2,1H3/b23-16-,26-25?. The van der Waals surface area contributed by atoms with Crippen LogP contribution in [0, 0.1) is 0 Å². The van der Waals surface area contributed by atoms with Crippen LogP contribution in [0.4, 0.5) is 11.4 Å². The van der Waals surface area contributed by atoms with E-state index in [1.807, 2.05) is 78.9 Å². The molecular weight excluding hydrogens is 424 g/mol. The Kier molecular flexibility index (Phi) is 5.56. The lowest BCUT2D eigenvalue weighted by molar-refractivity contribution is -0.113. The summed E-state index contributed by atoms with van der Waals surface area (Å²) in [6.45, 7) is 1.06. The molecule has 0 aromatic heterocycles. The SMILES string of the molecule is COc1ccc(N=C2S/C(=C\c3ccc4c(c3)OCCO4)C(=O)N2c2ccccc2)cc1. The number of amidine groups is 1. The van der Waals surface area contributed by atoms with Crippen molar-refractivity contribution in [3.05, 3.63) is 83.3 Å². The topological polar surface area (TPSA) is 60.4 Å². The van der Waals surface area contributed by atoms with Crippen molar-refractivity contribution in [2.45, 2.75) is 0 Å². The minimum atomic E-state index is -0.122. The Labute approximate surface area is 190 Å². The van der Waals surface area contributed by atoms with Crippen molar-refractivity contribution in [1.82, 2.24) is 0 Å². The zero-order valence-electron chi connectivity index (χ0n) is 17.4. The normalized spacial score (nSPS) is 17.8. The van der Waals surface area contributed by atoms with Gasteiger partial charge in [0, 0.05) is 0 Å². The van der Waals surface area contributed by atoms with Gasteiger partial charge in [-0.25, -0.2) is 4.99 Å². The second-order valence-electron chi connectivity index (χ2n) is 7.08. The van der Waals surface area contributed by atoms with E-state index in [9.17, 15) is 4.79 Å². The quantitative estimate of drug-likeness (QED) is 0.513. The number of ether oxygens (including phenoxy) is 3. The van der Waals surface area contributed by atoms with Crippen molar-refractivity contribution < 1.29 is 19.0 Å². The second-order valence-corrected chi connectivity index (χ2v) is 8.09. The molecule has 0 atom stereocenters. The molecule has 32 heavy (non-hydrogen) atoms. The fourth-order valence-electron chi connectivity index (χ4n) is 3.42. The number of rotatable bonds is 4. The summed E-state index contributed by atoms with van der Waals surface area (Å²) in [5.74, 6) is 2.04. The lowest BCUT2D eigenvalue weighted by Gasteiger charge is -2.18. The fourth-order valence-corrected chi connectivity index (χ4v) is 4.42. The molecule has 0 unspecified atom stereocenters. The molecule has 2 aliphatic heterocycles. The summed E-state index contributed by atoms with van der Waals surface area (Å²) in [5.41, 5.74) is 2.37. The van der Waals surface area contributed by atoms with Gasteiger partial charge in [0.1, 0.15) is 19.0 Å². The molecule has 5 rings (SSSR count). The molecule has 0 bridgehead atoms. The maximum Gasteiger partial charge on any atom is 0.271 e. The van der Waals surface area contributed by atoms with Gasteiger partial charge >= 0.3 is 0 Å². The van der Waals surface area contributed by atoms with E-state index in [2.05, 4.69) is 0 Å². The molecule has 6 nitrogen and oxygen atoms in total. The van der Waals surface area contributed by atoms with Crippen LogP contribution in [0.25, 0.3) is 6.08 Å². The van der Waals surface area contributed by atoms with Gasteiger partial charge in [-0.15, -0.1) is 0 Å². The van der Waals surface area contributed by atoms with Gasteiger partial charge in [-0.2, -0.15) is 0 Å². The first kappa shape index (κ1) is 20.2. The highest BCUT2D eigenvalue weighted by Crippen LogP contribution is 2.38. The summed E-state index contributed by atoms with van der Waals surface area (Å²) >= 11 is 1.34. The Morgan fingerprint density at radius 1 is 0.969 bits per heavy atom. The first-order chi connectivity index (χ1) is 15.7. The van der Waals surface area contributed by atoms with E-state index in [0.29, 0.717) is 29.0 Å². The minimum Gasteiger partial charge on any atom is -0.497 e. The molecule has 1 saturated heterocycles. The van der Waals surface area contributed by atoms with Crippen LogP contribution >= 0.6 is 11.8 Å². The van der Waals surface area contributed by atoms with Crippen LogP contribution in [0.2, 0.25) is 0 Å². The Hall–Kier alpha value is -3.71. The van der Waals surface area contributed by atoms with Crippen molar-refractivity contribution in [1.29, 1.82) is 0 Å². The number of amides is 1. The van der Waals surface area contributed by atoms with Gasteiger partial charge < -0.3 is 14.2 Å². The fraction of sp³-hybridized carbons (Fsp3) is 0.120. The molecule has 0 spiro atoms. The Balaban J connectivity index is 1.52. The average Bonchev–Trinajstić information content (AvgIpc) is 3.14. The van der Waals surface area contributed by atoms with E-state index in [4.69, 9.17) is 19.2 Å². The molecule has 2 aliphatic rings. The van der Waals surface area contributed by atoms with E-state index in [0.717, 1.165) is 28.4 Å². The van der Waals surface area contributed by atoms with Crippen molar-refractivity contribution in [3.8, 4) is 17.2 Å². The predicted octanol–water partition coefficient (Wildman–Crippen LogP) is 5.28. The average molecular weight is 445 g/mol. The summed E-state index contributed by atoms with van der Waals surface area (Å²) in [5, 5.41) is 0.593. The lowest BCUT2D eigenvalue weighted by Crippen LogP contribution is -2.28. The van der Waals surface area contributed by atoms with Crippen LogP contribution in [-0.4, -0.2) is 31.4 Å². The molecule has 3 aromatic rings. The van der Waals surface area contributed by atoms with E-state index >= 15 is 0 Å². The summed E-state index contributed by atoms with van der Waals surface area (Å²) in [6, 6.07) is 22.6. The van der Waals surface area contributed by atoms with Crippen LogP contribution in [0.15, 0.2) is 82.7 Å². The number of thioether (sulfide) groups is 1. The molecular formula is C25H20N2O4S. The van der Waals surface area contributed by atoms with Gasteiger partial charge in [-0.3, -0.25) is 9.69 Å². The summed E-state index contributed by atoms with van der Waals surface area (Å²) in [7, 11) is 1.62. The Morgan fingerprint density at radius 3 is 2.47 bits per heavy atom. The van der Waals surface area contributed by atoms with Crippen LogP contribution in [0.3, 0.4) is 0 Å². The number of methoxy groups -OCH3 is 1. The number of benzene rings is 3. The highest BCUT2D eigenvalue weighted by atomic mass is 32.2. The van der Waals surface area contributed by atoms with Gasteiger partial charge in [-0.05, 0) is 71.9 Å². The van der Waals surface area contributed by atoms with Crippen LogP contribution in [-0.2, 0) is 4.79 Å². The lowest BCUT2D eigenvalue weighted by atomic mass is 10.1. The third-order valence-corrected chi connectivity index (χ3v) is 5.95. The zero-order valence-corrected chi connectivity index (χ0v) is 18.2. The minimum absolute atomic E-state index is 0.122. The monoisotopic (exact) mass is 444 g/mol. The largest absolute Gasteiger partial charge is 0.497 e. The van der Waals surface area contributed by atoms with Gasteiger partial charge in [0.05, 0.1) is 23.4 Å². The number of para-hydroxylation sites is 1. The Bertz CT molecular complexity index is 1210. The summed E-state index contributed by atoms with van der Waals surface area (Å²) in [4.78, 5) is 20.3.